The van der Waals surface area contributed by atoms with Crippen molar-refractivity contribution in [3.63, 3.8) is 0 Å². The van der Waals surface area contributed by atoms with E-state index >= 15 is 0 Å². The third-order valence-electron chi connectivity index (χ3n) is 3.68. The average Bonchev–Trinajstić information content (AvgIpc) is 2.54. The van der Waals surface area contributed by atoms with Crippen LogP contribution in [0.5, 0.6) is 11.5 Å². The third-order valence-corrected chi connectivity index (χ3v) is 10.1. The molecule has 1 radical (unpaired) electrons. The van der Waals surface area contributed by atoms with Gasteiger partial charge in [0.25, 0.3) is 0 Å². The molecule has 0 heterocycles. The fraction of sp³-hybridized carbons (Fsp3) is 0.100. The van der Waals surface area contributed by atoms with Gasteiger partial charge in [0.2, 0.25) is 0 Å². The van der Waals surface area contributed by atoms with Gasteiger partial charge in [-0.05, 0) is 0 Å². The Hall–Kier alpha value is -1.95. The van der Waals surface area contributed by atoms with Gasteiger partial charge in [-0.2, -0.15) is 0 Å². The normalized spacial score (nSPS) is 10.9. The molecule has 3 aromatic rings. The molecule has 0 unspecified atom stereocenters. The molecule has 0 saturated carbocycles. The molecule has 0 fully saturated rings. The Labute approximate surface area is 143 Å². The molecule has 0 aliphatic rings. The first-order valence-electron chi connectivity index (χ1n) is 7.44. The van der Waals surface area contributed by atoms with Gasteiger partial charge in [0, 0.05) is 0 Å². The van der Waals surface area contributed by atoms with Crippen LogP contribution in [-0.4, -0.2) is 29.8 Å². The number of hydrogen-bond donors (Lipinski definition) is 2. The van der Waals surface area contributed by atoms with Crippen molar-refractivity contribution in [2.24, 2.45) is 0 Å². The summed E-state index contributed by atoms with van der Waals surface area (Å²) in [6, 6.07) is 21.9. The predicted molar refractivity (Wildman–Crippen MR) is 96.8 cm³/mol. The van der Waals surface area contributed by atoms with Gasteiger partial charge in [0.15, 0.2) is 0 Å². The first-order chi connectivity index (χ1) is 11.0. The average molecular weight is 419 g/mol. The van der Waals surface area contributed by atoms with Crippen LogP contribution in [0.4, 0.5) is 0 Å². The quantitative estimate of drug-likeness (QED) is 0.506. The summed E-state index contributed by atoms with van der Waals surface area (Å²) in [7, 11) is 0. The van der Waals surface area contributed by atoms with E-state index in [2.05, 4.69) is 62.4 Å². The SMILES string of the molecule is Cc1ccc([Te](c2ccc(C)cc2)c2cc(O)ccc2O)cc1. The van der Waals surface area contributed by atoms with Crippen LogP contribution < -0.4 is 10.8 Å². The second-order valence-corrected chi connectivity index (χ2v) is 11.3. The summed E-state index contributed by atoms with van der Waals surface area (Å²) in [5.41, 5.74) is 2.44. The van der Waals surface area contributed by atoms with Crippen molar-refractivity contribution in [3.8, 4) is 11.5 Å². The molecule has 0 aliphatic heterocycles. The van der Waals surface area contributed by atoms with Crippen molar-refractivity contribution in [1.29, 1.82) is 0 Å². The van der Waals surface area contributed by atoms with Crippen LogP contribution in [-0.2, 0) is 0 Å². The van der Waals surface area contributed by atoms with E-state index in [0.29, 0.717) is 0 Å². The van der Waals surface area contributed by atoms with Gasteiger partial charge in [0.1, 0.15) is 0 Å². The van der Waals surface area contributed by atoms with Crippen LogP contribution in [0.1, 0.15) is 11.1 Å². The molecule has 3 heteroatoms. The van der Waals surface area contributed by atoms with Gasteiger partial charge in [-0.3, -0.25) is 0 Å². The fourth-order valence-corrected chi connectivity index (χ4v) is 8.43. The van der Waals surface area contributed by atoms with Crippen molar-refractivity contribution in [2.75, 3.05) is 0 Å². The number of aryl methyl sites for hydroxylation is 2. The zero-order valence-corrected chi connectivity index (χ0v) is 15.5. The molecular weight excluding hydrogens is 400 g/mol. The van der Waals surface area contributed by atoms with Gasteiger partial charge in [-0.15, -0.1) is 0 Å². The van der Waals surface area contributed by atoms with E-state index in [1.165, 1.54) is 24.4 Å². The van der Waals surface area contributed by atoms with Crippen LogP contribution >= 0.6 is 0 Å². The maximum absolute atomic E-state index is 10.4. The minimum absolute atomic E-state index is 0.197. The Morgan fingerprint density at radius 2 is 1.13 bits per heavy atom. The van der Waals surface area contributed by atoms with Crippen molar-refractivity contribution in [2.45, 2.75) is 13.8 Å². The van der Waals surface area contributed by atoms with Crippen molar-refractivity contribution >= 4 is 30.4 Å². The molecule has 0 saturated heterocycles. The number of rotatable bonds is 3. The molecule has 3 rings (SSSR count). The Bertz CT molecular complexity index is 763. The van der Waals surface area contributed by atoms with Crippen LogP contribution in [0.3, 0.4) is 0 Å². The van der Waals surface area contributed by atoms with E-state index in [4.69, 9.17) is 0 Å². The Morgan fingerprint density at radius 3 is 1.61 bits per heavy atom. The molecule has 0 aromatic heterocycles. The fourth-order valence-electron chi connectivity index (χ4n) is 2.41. The number of phenols is 2. The maximum atomic E-state index is 10.4. The first-order valence-corrected chi connectivity index (χ1v) is 10.9. The second-order valence-electron chi connectivity index (χ2n) is 5.58. The number of aromatic hydroxyl groups is 2. The van der Waals surface area contributed by atoms with Gasteiger partial charge < -0.3 is 0 Å². The number of phenolic OH excluding ortho intramolecular Hbond substituents is 2. The Balaban J connectivity index is 2.18. The standard InChI is InChI=1S/C20H19O2Te/c1-14-3-8-17(9-4-14)23(18-10-5-15(2)6-11-18)20-13-16(21)7-12-19(20)22/h3-13,21-22H,1-2H3. The summed E-state index contributed by atoms with van der Waals surface area (Å²) in [5, 5.41) is 20.3. The summed E-state index contributed by atoms with van der Waals surface area (Å²) in [6.45, 7) is 4.14. The van der Waals surface area contributed by atoms with E-state index in [-0.39, 0.29) is 11.5 Å². The summed E-state index contributed by atoms with van der Waals surface area (Å²) in [5.74, 6) is 0.462. The molecule has 0 aliphatic carbocycles. The van der Waals surface area contributed by atoms with Crippen LogP contribution in [0.2, 0.25) is 0 Å². The van der Waals surface area contributed by atoms with E-state index in [9.17, 15) is 10.2 Å². The first kappa shape index (κ1) is 15.9. The van der Waals surface area contributed by atoms with E-state index < -0.39 is 19.6 Å². The molecule has 2 N–H and O–H groups in total. The molecule has 117 valence electrons. The monoisotopic (exact) mass is 421 g/mol. The van der Waals surface area contributed by atoms with Crippen LogP contribution in [0.25, 0.3) is 0 Å². The Morgan fingerprint density at radius 1 is 0.652 bits per heavy atom. The van der Waals surface area contributed by atoms with E-state index in [0.717, 1.165) is 3.61 Å². The molecule has 0 spiro atoms. The van der Waals surface area contributed by atoms with Gasteiger partial charge >= 0.3 is 144 Å². The summed E-state index contributed by atoms with van der Waals surface area (Å²) < 4.78 is 3.38. The molecule has 0 atom stereocenters. The predicted octanol–water partition coefficient (Wildman–Crippen LogP) is 2.23. The van der Waals surface area contributed by atoms with Gasteiger partial charge in [-0.1, -0.05) is 0 Å². The van der Waals surface area contributed by atoms with Crippen molar-refractivity contribution in [3.05, 3.63) is 77.9 Å². The van der Waals surface area contributed by atoms with Crippen molar-refractivity contribution in [1.82, 2.24) is 0 Å². The zero-order valence-electron chi connectivity index (χ0n) is 13.2. The van der Waals surface area contributed by atoms with Crippen LogP contribution in [0, 0.1) is 13.8 Å². The Kier molecular flexibility index (Phi) is 4.61. The summed E-state index contributed by atoms with van der Waals surface area (Å²) in [6.07, 6.45) is 0. The van der Waals surface area contributed by atoms with E-state index in [1.807, 2.05) is 0 Å². The number of hydrogen-bond acceptors (Lipinski definition) is 2. The minimum atomic E-state index is -2.21. The zero-order chi connectivity index (χ0) is 16.4. The molecule has 2 nitrogen and oxygen atoms in total. The summed E-state index contributed by atoms with van der Waals surface area (Å²) in [4.78, 5) is 0. The topological polar surface area (TPSA) is 40.5 Å². The third kappa shape index (κ3) is 3.52. The van der Waals surface area contributed by atoms with Gasteiger partial charge in [-0.25, -0.2) is 0 Å². The second kappa shape index (κ2) is 6.66. The summed E-state index contributed by atoms with van der Waals surface area (Å²) >= 11 is -2.21. The molecule has 23 heavy (non-hydrogen) atoms. The van der Waals surface area contributed by atoms with E-state index in [1.54, 1.807) is 12.1 Å². The molecule has 0 bridgehead atoms. The van der Waals surface area contributed by atoms with Crippen molar-refractivity contribution < 1.29 is 10.2 Å². The number of benzene rings is 3. The molecular formula is C20H19O2Te. The van der Waals surface area contributed by atoms with Crippen LogP contribution in [0.15, 0.2) is 66.7 Å². The van der Waals surface area contributed by atoms with Gasteiger partial charge in [0.05, 0.1) is 0 Å². The molecule has 3 aromatic carbocycles. The molecule has 0 amide bonds.